The number of hydrazone groups is 1. The Labute approximate surface area is 143 Å². The molecule has 0 aromatic heterocycles. The molecule has 1 amide bonds. The summed E-state index contributed by atoms with van der Waals surface area (Å²) in [7, 11) is 0. The third-order valence-corrected chi connectivity index (χ3v) is 3.36. The first kappa shape index (κ1) is 17.1. The van der Waals surface area contributed by atoms with Crippen molar-refractivity contribution in [2.24, 2.45) is 5.10 Å². The summed E-state index contributed by atoms with van der Waals surface area (Å²) in [4.78, 5) is 11.7. The number of nitrogens with zero attached hydrogens (tertiary/aromatic N) is 1. The first-order chi connectivity index (χ1) is 11.0. The number of aryl methyl sites for hydroxylation is 1. The fourth-order valence-corrected chi connectivity index (χ4v) is 2.18. The van der Waals surface area contributed by atoms with Gasteiger partial charge in [-0.15, -0.1) is 0 Å². The van der Waals surface area contributed by atoms with Gasteiger partial charge in [0.15, 0.2) is 6.61 Å². The molecule has 0 heterocycles. The highest BCUT2D eigenvalue weighted by molar-refractivity contribution is 6.35. The standard InChI is InChI=1S/C16H14Cl2N2O3/c1-10-2-4-14(21)11(6-10)8-19-20-16(22)9-23-15-5-3-12(17)7-13(15)18/h2-8,21H,9H2,1H3,(H,20,22)/b19-8+. The lowest BCUT2D eigenvalue weighted by Gasteiger charge is -2.07. The van der Waals surface area contributed by atoms with Gasteiger partial charge in [-0.05, 0) is 37.3 Å². The Morgan fingerprint density at radius 2 is 2.09 bits per heavy atom. The summed E-state index contributed by atoms with van der Waals surface area (Å²) < 4.78 is 5.27. The molecule has 120 valence electrons. The van der Waals surface area contributed by atoms with E-state index in [2.05, 4.69) is 10.5 Å². The Hall–Kier alpha value is -2.24. The maximum Gasteiger partial charge on any atom is 0.277 e. The van der Waals surface area contributed by atoms with Gasteiger partial charge in [0.2, 0.25) is 0 Å². The second kappa shape index (κ2) is 7.85. The first-order valence-corrected chi connectivity index (χ1v) is 7.40. The minimum absolute atomic E-state index is 0.0813. The van der Waals surface area contributed by atoms with Gasteiger partial charge in [-0.25, -0.2) is 5.43 Å². The molecule has 0 radical (unpaired) electrons. The van der Waals surface area contributed by atoms with Gasteiger partial charge in [-0.1, -0.05) is 34.8 Å². The van der Waals surface area contributed by atoms with Crippen molar-refractivity contribution in [3.63, 3.8) is 0 Å². The molecule has 0 atom stereocenters. The van der Waals surface area contributed by atoms with Crippen LogP contribution in [0.25, 0.3) is 0 Å². The number of phenolic OH excluding ortho intramolecular Hbond substituents is 1. The highest BCUT2D eigenvalue weighted by atomic mass is 35.5. The zero-order valence-corrected chi connectivity index (χ0v) is 13.7. The predicted molar refractivity (Wildman–Crippen MR) is 90.5 cm³/mol. The van der Waals surface area contributed by atoms with E-state index in [9.17, 15) is 9.90 Å². The minimum atomic E-state index is -0.459. The number of rotatable bonds is 5. The Morgan fingerprint density at radius 1 is 1.30 bits per heavy atom. The second-order valence-corrected chi connectivity index (χ2v) is 5.56. The molecular formula is C16H14Cl2N2O3. The summed E-state index contributed by atoms with van der Waals surface area (Å²) >= 11 is 11.7. The van der Waals surface area contributed by atoms with Gasteiger partial charge in [-0.2, -0.15) is 5.10 Å². The van der Waals surface area contributed by atoms with Crippen LogP contribution in [-0.4, -0.2) is 23.8 Å². The van der Waals surface area contributed by atoms with Crippen LogP contribution in [0, 0.1) is 6.92 Å². The normalized spacial score (nSPS) is 10.7. The van der Waals surface area contributed by atoms with Gasteiger partial charge < -0.3 is 9.84 Å². The molecule has 2 aromatic carbocycles. The van der Waals surface area contributed by atoms with Gasteiger partial charge >= 0.3 is 0 Å². The average molecular weight is 353 g/mol. The van der Waals surface area contributed by atoms with Gasteiger partial charge in [0.25, 0.3) is 5.91 Å². The monoisotopic (exact) mass is 352 g/mol. The molecule has 5 nitrogen and oxygen atoms in total. The van der Waals surface area contributed by atoms with Gasteiger partial charge in [0.1, 0.15) is 11.5 Å². The molecular weight excluding hydrogens is 339 g/mol. The van der Waals surface area contributed by atoms with E-state index in [1.807, 2.05) is 6.92 Å². The number of nitrogens with one attached hydrogen (secondary N) is 1. The third kappa shape index (κ3) is 5.16. The van der Waals surface area contributed by atoms with E-state index in [0.29, 0.717) is 21.4 Å². The van der Waals surface area contributed by atoms with Crippen LogP contribution < -0.4 is 10.2 Å². The molecule has 23 heavy (non-hydrogen) atoms. The van der Waals surface area contributed by atoms with Crippen molar-refractivity contribution in [3.8, 4) is 11.5 Å². The lowest BCUT2D eigenvalue weighted by Crippen LogP contribution is -2.24. The van der Waals surface area contributed by atoms with Gasteiger partial charge in [0, 0.05) is 10.6 Å². The SMILES string of the molecule is Cc1ccc(O)c(/C=N/NC(=O)COc2ccc(Cl)cc2Cl)c1. The van der Waals surface area contributed by atoms with Gasteiger partial charge in [0.05, 0.1) is 11.2 Å². The van der Waals surface area contributed by atoms with E-state index in [0.717, 1.165) is 5.56 Å². The Kier molecular flexibility index (Phi) is 5.84. The average Bonchev–Trinajstić information content (AvgIpc) is 2.50. The van der Waals surface area contributed by atoms with Crippen LogP contribution in [0.4, 0.5) is 0 Å². The summed E-state index contributed by atoms with van der Waals surface area (Å²) in [5.41, 5.74) is 3.78. The van der Waals surface area contributed by atoms with Crippen molar-refractivity contribution in [1.82, 2.24) is 5.43 Å². The number of amides is 1. The number of carbonyl (C=O) groups is 1. The molecule has 0 aliphatic carbocycles. The Morgan fingerprint density at radius 3 is 2.83 bits per heavy atom. The summed E-state index contributed by atoms with van der Waals surface area (Å²) in [5.74, 6) is -0.0243. The number of aromatic hydroxyl groups is 1. The number of carbonyl (C=O) groups excluding carboxylic acids is 1. The van der Waals surface area contributed by atoms with Crippen LogP contribution in [0.2, 0.25) is 10.0 Å². The molecule has 0 spiro atoms. The minimum Gasteiger partial charge on any atom is -0.507 e. The lowest BCUT2D eigenvalue weighted by atomic mass is 10.1. The number of hydrogen-bond donors (Lipinski definition) is 2. The maximum atomic E-state index is 11.7. The largest absolute Gasteiger partial charge is 0.507 e. The van der Waals surface area contributed by atoms with Crippen molar-refractivity contribution in [2.75, 3.05) is 6.61 Å². The van der Waals surface area contributed by atoms with Crippen LogP contribution in [0.15, 0.2) is 41.5 Å². The zero-order valence-electron chi connectivity index (χ0n) is 12.2. The molecule has 0 saturated heterocycles. The van der Waals surface area contributed by atoms with Crippen molar-refractivity contribution in [3.05, 3.63) is 57.6 Å². The second-order valence-electron chi connectivity index (χ2n) is 4.72. The smallest absolute Gasteiger partial charge is 0.277 e. The highest BCUT2D eigenvalue weighted by Gasteiger charge is 2.06. The Balaban J connectivity index is 1.87. The summed E-state index contributed by atoms with van der Waals surface area (Å²) in [5, 5.41) is 14.2. The number of halogens is 2. The number of ether oxygens (including phenoxy) is 1. The number of hydrogen-bond acceptors (Lipinski definition) is 4. The van der Waals surface area contributed by atoms with E-state index in [1.165, 1.54) is 12.3 Å². The molecule has 2 N–H and O–H groups in total. The van der Waals surface area contributed by atoms with Gasteiger partial charge in [-0.3, -0.25) is 4.79 Å². The van der Waals surface area contributed by atoms with E-state index in [-0.39, 0.29) is 12.4 Å². The summed E-state index contributed by atoms with van der Waals surface area (Å²) in [6, 6.07) is 9.79. The zero-order chi connectivity index (χ0) is 16.8. The molecule has 0 aliphatic rings. The van der Waals surface area contributed by atoms with E-state index in [4.69, 9.17) is 27.9 Å². The quantitative estimate of drug-likeness (QED) is 0.638. The van der Waals surface area contributed by atoms with E-state index >= 15 is 0 Å². The highest BCUT2D eigenvalue weighted by Crippen LogP contribution is 2.27. The first-order valence-electron chi connectivity index (χ1n) is 6.65. The van der Waals surface area contributed by atoms with E-state index < -0.39 is 5.91 Å². The fraction of sp³-hybridized carbons (Fsp3) is 0.125. The summed E-state index contributed by atoms with van der Waals surface area (Å²) in [6.07, 6.45) is 1.36. The van der Waals surface area contributed by atoms with E-state index in [1.54, 1.807) is 30.3 Å². The van der Waals surface area contributed by atoms with Crippen LogP contribution in [0.3, 0.4) is 0 Å². The molecule has 0 unspecified atom stereocenters. The molecule has 0 fully saturated rings. The topological polar surface area (TPSA) is 70.9 Å². The number of phenols is 1. The maximum absolute atomic E-state index is 11.7. The number of benzene rings is 2. The van der Waals surface area contributed by atoms with Crippen LogP contribution in [0.5, 0.6) is 11.5 Å². The van der Waals surface area contributed by atoms with Crippen molar-refractivity contribution < 1.29 is 14.6 Å². The molecule has 0 aliphatic heterocycles. The molecule has 2 aromatic rings. The lowest BCUT2D eigenvalue weighted by molar-refractivity contribution is -0.123. The van der Waals surface area contributed by atoms with Crippen molar-refractivity contribution >= 4 is 35.3 Å². The molecule has 0 saturated carbocycles. The van der Waals surface area contributed by atoms with Crippen molar-refractivity contribution in [2.45, 2.75) is 6.92 Å². The predicted octanol–water partition coefficient (Wildman–Crippen LogP) is 3.54. The van der Waals surface area contributed by atoms with Crippen LogP contribution in [0.1, 0.15) is 11.1 Å². The van der Waals surface area contributed by atoms with Crippen LogP contribution >= 0.6 is 23.2 Å². The molecule has 0 bridgehead atoms. The third-order valence-electron chi connectivity index (χ3n) is 2.83. The molecule has 2 rings (SSSR count). The fourth-order valence-electron chi connectivity index (χ4n) is 1.72. The summed E-state index contributed by atoms with van der Waals surface area (Å²) in [6.45, 7) is 1.64. The van der Waals surface area contributed by atoms with Crippen LogP contribution in [-0.2, 0) is 4.79 Å². The Bertz CT molecular complexity index is 748. The molecule has 7 heteroatoms. The van der Waals surface area contributed by atoms with Crippen molar-refractivity contribution in [1.29, 1.82) is 0 Å².